The molecule has 4 heteroatoms. The van der Waals surface area contributed by atoms with Crippen LogP contribution in [0.15, 0.2) is 18.2 Å². The molecule has 1 rings (SSSR count). The Morgan fingerprint density at radius 1 is 1.56 bits per heavy atom. The van der Waals surface area contributed by atoms with E-state index in [0.29, 0.717) is 17.7 Å². The molecule has 0 aliphatic carbocycles. The Bertz CT molecular complexity index is 355. The molecule has 0 radical (unpaired) electrons. The van der Waals surface area contributed by atoms with Gasteiger partial charge in [-0.05, 0) is 24.5 Å². The molecule has 0 aliphatic rings. The lowest BCUT2D eigenvalue weighted by molar-refractivity contribution is 0.0437. The van der Waals surface area contributed by atoms with E-state index in [1.807, 2.05) is 0 Å². The summed E-state index contributed by atoms with van der Waals surface area (Å²) in [4.78, 5) is 15.5. The Morgan fingerprint density at radius 3 is 2.94 bits per heavy atom. The summed E-state index contributed by atoms with van der Waals surface area (Å²) in [6.45, 7) is 4.60. The lowest BCUT2D eigenvalue weighted by Crippen LogP contribution is -2.13. The van der Waals surface area contributed by atoms with Crippen LogP contribution in [0.5, 0.6) is 0 Å². The van der Waals surface area contributed by atoms with Crippen LogP contribution in [-0.4, -0.2) is 17.6 Å². The highest BCUT2D eigenvalue weighted by molar-refractivity contribution is 6.29. The number of carbonyl (C=O) groups excluding carboxylic acids is 1. The van der Waals surface area contributed by atoms with Gasteiger partial charge in [-0.3, -0.25) is 0 Å². The maximum Gasteiger partial charge on any atom is 0.356 e. The van der Waals surface area contributed by atoms with Gasteiger partial charge in [-0.2, -0.15) is 0 Å². The Hall–Kier alpha value is -1.09. The van der Waals surface area contributed by atoms with E-state index in [1.165, 1.54) is 0 Å². The van der Waals surface area contributed by atoms with E-state index < -0.39 is 5.97 Å². The number of carbonyl (C=O) groups is 1. The lowest BCUT2D eigenvalue weighted by atomic mass is 10.1. The monoisotopic (exact) mass is 241 g/mol. The number of aromatic nitrogens is 1. The summed E-state index contributed by atoms with van der Waals surface area (Å²) >= 11 is 5.68. The summed E-state index contributed by atoms with van der Waals surface area (Å²) in [6, 6.07) is 4.90. The normalized spacial score (nSPS) is 12.2. The molecule has 1 atom stereocenters. The maximum atomic E-state index is 11.6. The molecule has 0 N–H and O–H groups in total. The van der Waals surface area contributed by atoms with Crippen molar-refractivity contribution in [1.29, 1.82) is 0 Å². The summed E-state index contributed by atoms with van der Waals surface area (Å²) in [7, 11) is 0. The number of rotatable bonds is 5. The van der Waals surface area contributed by atoms with Crippen LogP contribution in [0.3, 0.4) is 0 Å². The van der Waals surface area contributed by atoms with Gasteiger partial charge in [0.25, 0.3) is 0 Å². The largest absolute Gasteiger partial charge is 0.461 e. The fraction of sp³-hybridized carbons (Fsp3) is 0.500. The number of ether oxygens (including phenoxy) is 1. The minimum absolute atomic E-state index is 0.260. The Kier molecular flexibility index (Phi) is 5.26. The molecule has 88 valence electrons. The van der Waals surface area contributed by atoms with Gasteiger partial charge in [0.15, 0.2) is 0 Å². The van der Waals surface area contributed by atoms with E-state index in [2.05, 4.69) is 18.8 Å². The molecule has 0 amide bonds. The predicted molar refractivity (Wildman–Crippen MR) is 63.6 cm³/mol. The van der Waals surface area contributed by atoms with Gasteiger partial charge in [0, 0.05) is 0 Å². The maximum absolute atomic E-state index is 11.6. The van der Waals surface area contributed by atoms with Crippen LogP contribution in [0.2, 0.25) is 5.15 Å². The van der Waals surface area contributed by atoms with Crippen molar-refractivity contribution in [3.05, 3.63) is 29.0 Å². The van der Waals surface area contributed by atoms with Crippen LogP contribution >= 0.6 is 11.6 Å². The fourth-order valence-electron chi connectivity index (χ4n) is 1.39. The van der Waals surface area contributed by atoms with Crippen molar-refractivity contribution in [3.8, 4) is 0 Å². The number of halogens is 1. The van der Waals surface area contributed by atoms with Crippen LogP contribution in [0.25, 0.3) is 0 Å². The molecule has 1 aromatic heterocycles. The summed E-state index contributed by atoms with van der Waals surface area (Å²) in [5, 5.41) is 0.302. The van der Waals surface area contributed by atoms with E-state index in [-0.39, 0.29) is 5.69 Å². The molecule has 0 saturated heterocycles. The van der Waals surface area contributed by atoms with Gasteiger partial charge in [-0.1, -0.05) is 37.9 Å². The second-order valence-corrected chi connectivity index (χ2v) is 4.23. The van der Waals surface area contributed by atoms with E-state index >= 15 is 0 Å². The van der Waals surface area contributed by atoms with E-state index in [0.717, 1.165) is 12.8 Å². The average Bonchev–Trinajstić information content (AvgIpc) is 2.26. The highest BCUT2D eigenvalue weighted by Gasteiger charge is 2.10. The van der Waals surface area contributed by atoms with Crippen molar-refractivity contribution in [2.75, 3.05) is 6.61 Å². The van der Waals surface area contributed by atoms with Gasteiger partial charge in [0.05, 0.1) is 6.61 Å². The third kappa shape index (κ3) is 4.19. The summed E-state index contributed by atoms with van der Waals surface area (Å²) in [5.41, 5.74) is 0.260. The van der Waals surface area contributed by atoms with Crippen LogP contribution < -0.4 is 0 Å². The Morgan fingerprint density at radius 2 is 2.31 bits per heavy atom. The summed E-state index contributed by atoms with van der Waals surface area (Å²) in [5.74, 6) is -0.0291. The van der Waals surface area contributed by atoms with Crippen molar-refractivity contribution >= 4 is 17.6 Å². The zero-order valence-electron chi connectivity index (χ0n) is 9.57. The van der Waals surface area contributed by atoms with E-state index in [4.69, 9.17) is 16.3 Å². The molecule has 3 nitrogen and oxygen atoms in total. The van der Waals surface area contributed by atoms with E-state index in [9.17, 15) is 4.79 Å². The van der Waals surface area contributed by atoms with Crippen molar-refractivity contribution in [2.45, 2.75) is 26.7 Å². The fourth-order valence-corrected chi connectivity index (χ4v) is 1.55. The number of esters is 1. The minimum atomic E-state index is -0.412. The zero-order valence-corrected chi connectivity index (χ0v) is 10.3. The molecular formula is C12H16ClNO2. The van der Waals surface area contributed by atoms with Gasteiger partial charge in [0.1, 0.15) is 10.8 Å². The van der Waals surface area contributed by atoms with Crippen LogP contribution in [0.4, 0.5) is 0 Å². The van der Waals surface area contributed by atoms with Gasteiger partial charge < -0.3 is 4.74 Å². The van der Waals surface area contributed by atoms with Crippen molar-refractivity contribution in [1.82, 2.24) is 4.98 Å². The third-order valence-electron chi connectivity index (χ3n) is 2.20. The number of hydrogen-bond acceptors (Lipinski definition) is 3. The molecule has 0 fully saturated rings. The summed E-state index contributed by atoms with van der Waals surface area (Å²) < 4.78 is 5.14. The first kappa shape index (κ1) is 13.0. The first-order chi connectivity index (χ1) is 7.63. The smallest absolute Gasteiger partial charge is 0.356 e. The average molecular weight is 242 g/mol. The van der Waals surface area contributed by atoms with Crippen LogP contribution in [0.1, 0.15) is 37.2 Å². The molecule has 16 heavy (non-hydrogen) atoms. The Labute approximate surface area is 101 Å². The third-order valence-corrected chi connectivity index (χ3v) is 2.42. The lowest BCUT2D eigenvalue weighted by Gasteiger charge is -2.10. The highest BCUT2D eigenvalue weighted by Crippen LogP contribution is 2.09. The Balaban J connectivity index is 2.47. The van der Waals surface area contributed by atoms with Crippen LogP contribution in [-0.2, 0) is 4.74 Å². The number of hydrogen-bond donors (Lipinski definition) is 0. The van der Waals surface area contributed by atoms with Gasteiger partial charge in [-0.25, -0.2) is 9.78 Å². The highest BCUT2D eigenvalue weighted by atomic mass is 35.5. The molecule has 0 aromatic carbocycles. The topological polar surface area (TPSA) is 39.2 Å². The number of nitrogens with zero attached hydrogens (tertiary/aromatic N) is 1. The van der Waals surface area contributed by atoms with Crippen molar-refractivity contribution in [2.24, 2.45) is 5.92 Å². The van der Waals surface area contributed by atoms with Crippen molar-refractivity contribution < 1.29 is 9.53 Å². The molecule has 0 bridgehead atoms. The standard InChI is InChI=1S/C12H16ClNO2/c1-3-5-9(2)8-16-12(15)10-6-4-7-11(13)14-10/h4,6-7,9H,3,5,8H2,1-2H3. The molecule has 1 aromatic rings. The predicted octanol–water partition coefficient (Wildman–Crippen LogP) is 3.33. The van der Waals surface area contributed by atoms with Gasteiger partial charge >= 0.3 is 5.97 Å². The molecular weight excluding hydrogens is 226 g/mol. The molecule has 0 spiro atoms. The van der Waals surface area contributed by atoms with Gasteiger partial charge in [0.2, 0.25) is 0 Å². The molecule has 0 saturated carbocycles. The molecule has 0 aliphatic heterocycles. The molecule has 1 unspecified atom stereocenters. The minimum Gasteiger partial charge on any atom is -0.461 e. The second-order valence-electron chi connectivity index (χ2n) is 3.84. The van der Waals surface area contributed by atoms with E-state index in [1.54, 1.807) is 18.2 Å². The first-order valence-corrected chi connectivity index (χ1v) is 5.81. The number of pyridine rings is 1. The quantitative estimate of drug-likeness (QED) is 0.586. The second kappa shape index (κ2) is 6.48. The van der Waals surface area contributed by atoms with Gasteiger partial charge in [-0.15, -0.1) is 0 Å². The zero-order chi connectivity index (χ0) is 12.0. The molecule has 1 heterocycles. The first-order valence-electron chi connectivity index (χ1n) is 5.43. The SMILES string of the molecule is CCCC(C)COC(=O)c1cccc(Cl)n1. The van der Waals surface area contributed by atoms with Crippen molar-refractivity contribution in [3.63, 3.8) is 0 Å². The van der Waals surface area contributed by atoms with Crippen LogP contribution in [0, 0.1) is 5.92 Å². The summed E-state index contributed by atoms with van der Waals surface area (Å²) in [6.07, 6.45) is 2.14.